The van der Waals surface area contributed by atoms with Crippen LogP contribution >= 0.6 is 0 Å². The first-order valence-electron chi connectivity index (χ1n) is 8.37. The summed E-state index contributed by atoms with van der Waals surface area (Å²) in [6.45, 7) is 7.37. The van der Waals surface area contributed by atoms with E-state index in [0.717, 1.165) is 33.0 Å². The average Bonchev–Trinajstić information content (AvgIpc) is 2.98. The summed E-state index contributed by atoms with van der Waals surface area (Å²) in [4.78, 5) is 25.4. The van der Waals surface area contributed by atoms with Crippen molar-refractivity contribution in [3.05, 3.63) is 87.1 Å². The van der Waals surface area contributed by atoms with Crippen molar-refractivity contribution in [1.82, 2.24) is 8.54 Å². The number of imidazole rings is 1. The van der Waals surface area contributed by atoms with E-state index in [-0.39, 0.29) is 4.90 Å². The zero-order valence-corrected chi connectivity index (χ0v) is 16.4. The number of carbonyl (C=O) groups excluding carboxylic acids is 1. The van der Waals surface area contributed by atoms with E-state index in [1.807, 2.05) is 26.8 Å². The van der Waals surface area contributed by atoms with Crippen molar-refractivity contribution in [2.45, 2.75) is 32.6 Å². The van der Waals surface area contributed by atoms with Gasteiger partial charge in [0.1, 0.15) is 0 Å². The lowest BCUT2D eigenvalue weighted by atomic mass is 10.1. The van der Waals surface area contributed by atoms with E-state index in [0.29, 0.717) is 9.54 Å². The molecule has 3 rings (SSSR count). The molecule has 27 heavy (non-hydrogen) atoms. The summed E-state index contributed by atoms with van der Waals surface area (Å²) in [7, 11) is -4.09. The Balaban J connectivity index is 2.08. The van der Waals surface area contributed by atoms with Gasteiger partial charge >= 0.3 is 5.69 Å². The van der Waals surface area contributed by atoms with Crippen LogP contribution in [0, 0.1) is 27.7 Å². The highest BCUT2D eigenvalue weighted by atomic mass is 32.2. The molecule has 2 aromatic carbocycles. The Bertz CT molecular complexity index is 1200. The molecule has 0 radical (unpaired) electrons. The lowest BCUT2D eigenvalue weighted by Gasteiger charge is -2.07. The zero-order valence-electron chi connectivity index (χ0n) is 15.6. The van der Waals surface area contributed by atoms with Crippen molar-refractivity contribution < 1.29 is 13.2 Å². The van der Waals surface area contributed by atoms with Gasteiger partial charge in [-0.3, -0.25) is 4.79 Å². The SMILES string of the molecule is Cc1cc(C)cc(C(=O)n2ccn(S(=O)(=O)c3ccc(C)c(C)c3)c2=O)c1. The quantitative estimate of drug-likeness (QED) is 0.696. The van der Waals surface area contributed by atoms with Crippen LogP contribution in [0.5, 0.6) is 0 Å². The Morgan fingerprint density at radius 3 is 2.07 bits per heavy atom. The molecule has 0 N–H and O–H groups in total. The number of rotatable bonds is 3. The summed E-state index contributed by atoms with van der Waals surface area (Å²) < 4.78 is 27.1. The molecule has 0 fully saturated rings. The first kappa shape index (κ1) is 18.8. The first-order valence-corrected chi connectivity index (χ1v) is 9.81. The number of carbonyl (C=O) groups is 1. The molecule has 0 bridgehead atoms. The number of hydrogen-bond acceptors (Lipinski definition) is 4. The van der Waals surface area contributed by atoms with E-state index < -0.39 is 21.6 Å². The maximum absolute atomic E-state index is 12.8. The second kappa shape index (κ2) is 6.66. The van der Waals surface area contributed by atoms with Crippen LogP contribution in [-0.2, 0) is 10.0 Å². The number of aromatic nitrogens is 2. The molecule has 0 amide bonds. The van der Waals surface area contributed by atoms with Gasteiger partial charge < -0.3 is 0 Å². The Hall–Kier alpha value is -2.93. The highest BCUT2D eigenvalue weighted by molar-refractivity contribution is 7.90. The lowest BCUT2D eigenvalue weighted by Crippen LogP contribution is -2.32. The fourth-order valence-corrected chi connectivity index (χ4v) is 4.22. The number of aryl methyl sites for hydroxylation is 4. The third-order valence-electron chi connectivity index (χ3n) is 4.47. The van der Waals surface area contributed by atoms with Gasteiger partial charge in [-0.15, -0.1) is 0 Å². The van der Waals surface area contributed by atoms with Crippen LogP contribution < -0.4 is 5.69 Å². The molecule has 0 unspecified atom stereocenters. The van der Waals surface area contributed by atoms with Gasteiger partial charge in [-0.25, -0.2) is 17.8 Å². The molecule has 1 heterocycles. The van der Waals surface area contributed by atoms with E-state index >= 15 is 0 Å². The molecule has 0 spiro atoms. The fraction of sp³-hybridized carbons (Fsp3) is 0.200. The Labute approximate surface area is 157 Å². The van der Waals surface area contributed by atoms with Crippen LogP contribution in [0.1, 0.15) is 32.6 Å². The van der Waals surface area contributed by atoms with Crippen LogP contribution in [0.4, 0.5) is 0 Å². The van der Waals surface area contributed by atoms with Crippen molar-refractivity contribution in [3.8, 4) is 0 Å². The minimum atomic E-state index is -4.09. The summed E-state index contributed by atoms with van der Waals surface area (Å²) in [5.41, 5.74) is 2.93. The van der Waals surface area contributed by atoms with Crippen molar-refractivity contribution in [1.29, 1.82) is 0 Å². The molecule has 0 aliphatic heterocycles. The molecule has 0 atom stereocenters. The van der Waals surface area contributed by atoms with Crippen molar-refractivity contribution in [2.24, 2.45) is 0 Å². The maximum atomic E-state index is 12.8. The van der Waals surface area contributed by atoms with Gasteiger partial charge in [0, 0.05) is 18.0 Å². The van der Waals surface area contributed by atoms with Crippen LogP contribution in [0.2, 0.25) is 0 Å². The molecular weight excluding hydrogens is 364 g/mol. The second-order valence-electron chi connectivity index (χ2n) is 6.68. The van der Waals surface area contributed by atoms with Gasteiger partial charge in [0.2, 0.25) is 0 Å². The second-order valence-corrected chi connectivity index (χ2v) is 8.49. The van der Waals surface area contributed by atoms with E-state index in [4.69, 9.17) is 0 Å². The van der Waals surface area contributed by atoms with E-state index in [1.165, 1.54) is 18.3 Å². The number of nitrogens with zero attached hydrogens (tertiary/aromatic N) is 2. The molecule has 7 heteroatoms. The summed E-state index contributed by atoms with van der Waals surface area (Å²) in [5.74, 6) is -0.569. The van der Waals surface area contributed by atoms with E-state index in [2.05, 4.69) is 0 Å². The zero-order chi connectivity index (χ0) is 19.9. The molecule has 0 saturated heterocycles. The predicted octanol–water partition coefficient (Wildman–Crippen LogP) is 2.81. The minimum Gasteiger partial charge on any atom is -0.268 e. The van der Waals surface area contributed by atoms with Gasteiger partial charge in [-0.05, 0) is 63.1 Å². The van der Waals surface area contributed by atoms with Crippen LogP contribution in [0.3, 0.4) is 0 Å². The van der Waals surface area contributed by atoms with Gasteiger partial charge in [0.15, 0.2) is 0 Å². The number of benzene rings is 2. The monoisotopic (exact) mass is 384 g/mol. The standard InChI is InChI=1S/C20H20N2O4S/c1-13-9-14(2)11-17(10-13)19(23)21-7-8-22(20(21)24)27(25,26)18-6-5-15(3)16(4)12-18/h5-12H,1-4H3. The van der Waals surface area contributed by atoms with Crippen molar-refractivity contribution in [3.63, 3.8) is 0 Å². The first-order chi connectivity index (χ1) is 12.6. The molecule has 1 aromatic heterocycles. The van der Waals surface area contributed by atoms with Crippen LogP contribution in [0.15, 0.2) is 58.5 Å². The highest BCUT2D eigenvalue weighted by Gasteiger charge is 2.23. The molecule has 0 aliphatic carbocycles. The normalized spacial score (nSPS) is 11.6. The van der Waals surface area contributed by atoms with Crippen molar-refractivity contribution in [2.75, 3.05) is 0 Å². The van der Waals surface area contributed by atoms with Gasteiger partial charge in [-0.2, -0.15) is 3.97 Å². The largest absolute Gasteiger partial charge is 0.349 e. The molecule has 6 nitrogen and oxygen atoms in total. The topological polar surface area (TPSA) is 78.1 Å². The number of hydrogen-bond donors (Lipinski definition) is 0. The fourth-order valence-electron chi connectivity index (χ4n) is 2.92. The third-order valence-corrected chi connectivity index (χ3v) is 6.11. The van der Waals surface area contributed by atoms with Gasteiger partial charge in [0.05, 0.1) is 4.90 Å². The Morgan fingerprint density at radius 2 is 1.48 bits per heavy atom. The smallest absolute Gasteiger partial charge is 0.268 e. The summed E-state index contributed by atoms with van der Waals surface area (Å²) in [6.07, 6.45) is 2.29. The highest BCUT2D eigenvalue weighted by Crippen LogP contribution is 2.17. The van der Waals surface area contributed by atoms with Crippen LogP contribution in [-0.4, -0.2) is 22.9 Å². The molecule has 3 aromatic rings. The molecular formula is C20H20N2O4S. The Morgan fingerprint density at radius 1 is 0.852 bits per heavy atom. The maximum Gasteiger partial charge on any atom is 0.349 e. The molecule has 0 aliphatic rings. The van der Waals surface area contributed by atoms with Crippen molar-refractivity contribution >= 4 is 15.9 Å². The van der Waals surface area contributed by atoms with Gasteiger partial charge in [0.25, 0.3) is 15.9 Å². The van der Waals surface area contributed by atoms with E-state index in [1.54, 1.807) is 25.1 Å². The summed E-state index contributed by atoms with van der Waals surface area (Å²) in [6, 6.07) is 9.89. The Kier molecular flexibility index (Phi) is 4.65. The average molecular weight is 384 g/mol. The minimum absolute atomic E-state index is 0.00398. The summed E-state index contributed by atoms with van der Waals surface area (Å²) >= 11 is 0. The third kappa shape index (κ3) is 3.38. The van der Waals surface area contributed by atoms with Crippen LogP contribution in [0.25, 0.3) is 0 Å². The summed E-state index contributed by atoms with van der Waals surface area (Å²) in [5, 5.41) is 0. The molecule has 0 saturated carbocycles. The van der Waals surface area contributed by atoms with E-state index in [9.17, 15) is 18.0 Å². The van der Waals surface area contributed by atoms with Gasteiger partial charge in [-0.1, -0.05) is 23.3 Å². The molecule has 140 valence electrons. The lowest BCUT2D eigenvalue weighted by molar-refractivity contribution is 0.0956. The predicted molar refractivity (Wildman–Crippen MR) is 103 cm³/mol.